The Kier molecular flexibility index (Phi) is 5.57. The second-order valence-electron chi connectivity index (χ2n) is 3.60. The fourth-order valence-corrected chi connectivity index (χ4v) is 1.82. The Morgan fingerprint density at radius 3 is 2.59 bits per heavy atom. The largest absolute Gasteiger partial charge is 0.326 e. The van der Waals surface area contributed by atoms with Gasteiger partial charge in [-0.25, -0.2) is 0 Å². The van der Waals surface area contributed by atoms with E-state index in [0.717, 1.165) is 17.0 Å². The van der Waals surface area contributed by atoms with E-state index in [1.807, 2.05) is 24.3 Å². The highest BCUT2D eigenvalue weighted by Gasteiger charge is 2.04. The molecule has 2 nitrogen and oxygen atoms in total. The van der Waals surface area contributed by atoms with Crippen LogP contribution >= 0.6 is 11.8 Å². The van der Waals surface area contributed by atoms with Crippen LogP contribution in [0.3, 0.4) is 0 Å². The van der Waals surface area contributed by atoms with E-state index < -0.39 is 0 Å². The van der Waals surface area contributed by atoms with Crippen LogP contribution in [0.25, 0.3) is 0 Å². The number of amides is 1. The predicted octanol–water partition coefficient (Wildman–Crippen LogP) is 3.97. The van der Waals surface area contributed by atoms with Crippen LogP contribution in [0.15, 0.2) is 47.7 Å². The van der Waals surface area contributed by atoms with Gasteiger partial charge in [0.25, 0.3) is 0 Å². The summed E-state index contributed by atoms with van der Waals surface area (Å²) in [4.78, 5) is 12.4. The summed E-state index contributed by atoms with van der Waals surface area (Å²) in [6.45, 7) is 9.47. The van der Waals surface area contributed by atoms with Crippen LogP contribution in [-0.4, -0.2) is 5.91 Å². The first-order valence-electron chi connectivity index (χ1n) is 5.49. The number of nitrogens with one attached hydrogen (secondary N) is 1. The summed E-state index contributed by atoms with van der Waals surface area (Å²) >= 11 is 1.38. The minimum absolute atomic E-state index is 0.0476. The van der Waals surface area contributed by atoms with Crippen LogP contribution in [-0.2, 0) is 11.2 Å². The zero-order valence-corrected chi connectivity index (χ0v) is 10.8. The Bertz CT molecular complexity index is 409. The van der Waals surface area contributed by atoms with Crippen LogP contribution in [0, 0.1) is 0 Å². The van der Waals surface area contributed by atoms with Gasteiger partial charge in [-0.05, 0) is 34.4 Å². The summed E-state index contributed by atoms with van der Waals surface area (Å²) in [5.41, 5.74) is 2.08. The smallest absolute Gasteiger partial charge is 0.229 e. The van der Waals surface area contributed by atoms with Crippen molar-refractivity contribution in [1.82, 2.24) is 0 Å². The van der Waals surface area contributed by atoms with E-state index in [0.29, 0.717) is 6.42 Å². The second kappa shape index (κ2) is 6.97. The molecule has 0 aliphatic rings. The summed E-state index contributed by atoms with van der Waals surface area (Å²) in [5, 5.41) is 4.51. The first kappa shape index (κ1) is 13.6. The second-order valence-corrected chi connectivity index (χ2v) is 4.75. The molecule has 0 radical (unpaired) electrons. The highest BCUT2D eigenvalue weighted by molar-refractivity contribution is 8.05. The van der Waals surface area contributed by atoms with Crippen molar-refractivity contribution < 1.29 is 4.79 Å². The minimum Gasteiger partial charge on any atom is -0.326 e. The number of carbonyl (C=O) groups is 1. The van der Waals surface area contributed by atoms with Crippen molar-refractivity contribution in [2.45, 2.75) is 19.8 Å². The fraction of sp³-hybridized carbons (Fsp3) is 0.214. The molecule has 90 valence electrons. The maximum absolute atomic E-state index is 11.6. The third-order valence-corrected chi connectivity index (χ3v) is 2.90. The number of aryl methyl sites for hydroxylation is 1. The van der Waals surface area contributed by atoms with E-state index in [2.05, 4.69) is 25.4 Å². The van der Waals surface area contributed by atoms with E-state index >= 15 is 0 Å². The number of benzene rings is 1. The van der Waals surface area contributed by atoms with E-state index in [9.17, 15) is 4.79 Å². The zero-order chi connectivity index (χ0) is 12.7. The summed E-state index contributed by atoms with van der Waals surface area (Å²) in [5.74, 6) is -0.0476. The average Bonchev–Trinajstić information content (AvgIpc) is 2.30. The Morgan fingerprint density at radius 1 is 1.41 bits per heavy atom. The molecule has 0 saturated heterocycles. The molecule has 0 fully saturated rings. The molecule has 1 aromatic rings. The van der Waals surface area contributed by atoms with Crippen LogP contribution < -0.4 is 5.32 Å². The maximum atomic E-state index is 11.6. The van der Waals surface area contributed by atoms with Gasteiger partial charge in [-0.15, -0.1) is 11.8 Å². The molecule has 17 heavy (non-hydrogen) atoms. The van der Waals surface area contributed by atoms with Crippen molar-refractivity contribution in [2.24, 2.45) is 0 Å². The van der Waals surface area contributed by atoms with Gasteiger partial charge >= 0.3 is 0 Å². The number of carbonyl (C=O) groups excluding carboxylic acids is 1. The van der Waals surface area contributed by atoms with Crippen molar-refractivity contribution in [3.05, 3.63) is 53.3 Å². The van der Waals surface area contributed by atoms with E-state index in [4.69, 9.17) is 0 Å². The Balaban J connectivity index is 2.50. The molecular formula is C14H17NOS. The average molecular weight is 247 g/mol. The van der Waals surface area contributed by atoms with Gasteiger partial charge in [-0.1, -0.05) is 32.2 Å². The number of anilines is 1. The SMILES string of the molecule is C=CSC(=C)CC(=O)Nc1ccc(CC)cc1. The quantitative estimate of drug-likeness (QED) is 0.824. The monoisotopic (exact) mass is 247 g/mol. The van der Waals surface area contributed by atoms with Crippen molar-refractivity contribution in [2.75, 3.05) is 5.32 Å². The zero-order valence-electron chi connectivity index (χ0n) is 10.0. The third-order valence-electron chi connectivity index (χ3n) is 2.25. The first-order valence-corrected chi connectivity index (χ1v) is 6.37. The summed E-state index contributed by atoms with van der Waals surface area (Å²) in [6.07, 6.45) is 1.31. The molecule has 1 rings (SSSR count). The van der Waals surface area contributed by atoms with E-state index in [1.54, 1.807) is 5.41 Å². The molecular weight excluding hydrogens is 230 g/mol. The number of hydrogen-bond donors (Lipinski definition) is 1. The van der Waals surface area contributed by atoms with Gasteiger partial charge in [0.2, 0.25) is 5.91 Å². The molecule has 0 saturated carbocycles. The predicted molar refractivity (Wildman–Crippen MR) is 76.0 cm³/mol. The molecule has 0 atom stereocenters. The van der Waals surface area contributed by atoms with Gasteiger partial charge in [0.15, 0.2) is 0 Å². The highest BCUT2D eigenvalue weighted by Crippen LogP contribution is 2.18. The first-order chi connectivity index (χ1) is 8.15. The minimum atomic E-state index is -0.0476. The van der Waals surface area contributed by atoms with Crippen molar-refractivity contribution in [1.29, 1.82) is 0 Å². The van der Waals surface area contributed by atoms with Crippen molar-refractivity contribution >= 4 is 23.4 Å². The number of rotatable bonds is 6. The fourth-order valence-electron chi connectivity index (χ4n) is 1.37. The van der Waals surface area contributed by atoms with E-state index in [-0.39, 0.29) is 5.91 Å². The molecule has 0 heterocycles. The molecule has 0 aromatic heterocycles. The van der Waals surface area contributed by atoms with Crippen LogP contribution in [0.2, 0.25) is 0 Å². The topological polar surface area (TPSA) is 29.1 Å². The normalized spacial score (nSPS) is 9.71. The lowest BCUT2D eigenvalue weighted by Crippen LogP contribution is -2.11. The molecule has 1 N–H and O–H groups in total. The molecule has 0 aliphatic carbocycles. The number of hydrogen-bond acceptors (Lipinski definition) is 2. The molecule has 0 spiro atoms. The molecule has 3 heteroatoms. The number of thioether (sulfide) groups is 1. The van der Waals surface area contributed by atoms with E-state index in [1.165, 1.54) is 17.3 Å². The Labute approximate surface area is 107 Å². The third kappa shape index (κ3) is 4.91. The van der Waals surface area contributed by atoms with Crippen molar-refractivity contribution in [3.63, 3.8) is 0 Å². The van der Waals surface area contributed by atoms with Crippen molar-refractivity contribution in [3.8, 4) is 0 Å². The van der Waals surface area contributed by atoms with Gasteiger partial charge in [0, 0.05) is 5.69 Å². The Hall–Kier alpha value is -1.48. The standard InChI is InChI=1S/C14H17NOS/c1-4-12-6-8-13(9-7-12)15-14(16)10-11(3)17-5-2/h5-9H,2-4,10H2,1H3,(H,15,16). The molecule has 0 bridgehead atoms. The molecule has 1 aromatic carbocycles. The maximum Gasteiger partial charge on any atom is 0.229 e. The van der Waals surface area contributed by atoms with Crippen LogP contribution in [0.4, 0.5) is 5.69 Å². The van der Waals surface area contributed by atoms with Gasteiger partial charge < -0.3 is 5.32 Å². The lowest BCUT2D eigenvalue weighted by Gasteiger charge is -2.06. The highest BCUT2D eigenvalue weighted by atomic mass is 32.2. The van der Waals surface area contributed by atoms with Gasteiger partial charge in [0.1, 0.15) is 0 Å². The van der Waals surface area contributed by atoms with Gasteiger partial charge in [0.05, 0.1) is 6.42 Å². The molecule has 1 amide bonds. The summed E-state index contributed by atoms with van der Waals surface area (Å²) in [7, 11) is 0. The lowest BCUT2D eigenvalue weighted by molar-refractivity contribution is -0.115. The van der Waals surface area contributed by atoms with Crippen LogP contribution in [0.5, 0.6) is 0 Å². The van der Waals surface area contributed by atoms with Crippen LogP contribution in [0.1, 0.15) is 18.9 Å². The summed E-state index contributed by atoms with van der Waals surface area (Å²) < 4.78 is 0. The van der Waals surface area contributed by atoms with Gasteiger partial charge in [-0.2, -0.15) is 0 Å². The Morgan fingerprint density at radius 2 is 2.06 bits per heavy atom. The van der Waals surface area contributed by atoms with Gasteiger partial charge in [-0.3, -0.25) is 4.79 Å². The summed E-state index contributed by atoms with van der Waals surface area (Å²) in [6, 6.07) is 7.87. The molecule has 0 aliphatic heterocycles. The lowest BCUT2D eigenvalue weighted by atomic mass is 10.1. The molecule has 0 unspecified atom stereocenters.